The average Bonchev–Trinajstić information content (AvgIpc) is 2.99. The van der Waals surface area contributed by atoms with E-state index in [0.717, 1.165) is 36.6 Å². The Morgan fingerprint density at radius 3 is 2.46 bits per heavy atom. The molecule has 1 aromatic heterocycles. The molecule has 3 rings (SSSR count). The van der Waals surface area contributed by atoms with E-state index < -0.39 is 38.3 Å². The molecule has 1 heterocycles. The zero-order valence-corrected chi connectivity index (χ0v) is 14.7. The van der Waals surface area contributed by atoms with E-state index in [4.69, 9.17) is 0 Å². The van der Waals surface area contributed by atoms with Crippen molar-refractivity contribution in [2.45, 2.75) is 4.90 Å². The Morgan fingerprint density at radius 2 is 1.81 bits per heavy atom. The van der Waals surface area contributed by atoms with Crippen LogP contribution in [0.4, 0.5) is 18.9 Å². The number of halogens is 3. The van der Waals surface area contributed by atoms with Gasteiger partial charge < -0.3 is 4.74 Å². The first-order chi connectivity index (χ1) is 12.2. The fraction of sp³-hybridized carbons (Fsp3) is 0.0625. The number of anilines is 1. The Balaban J connectivity index is 2.21. The standard InChI is InChI=1S/C16H10F3NO4S2/c1-24-16(21)14-15(13-10(18)3-2-4-12(13)25-14)26(22,23)20-8-5-6-9(17)11(19)7-8/h2-7,20H,1H3. The number of fused-ring (bicyclic) bond motifs is 1. The highest BCUT2D eigenvalue weighted by Gasteiger charge is 2.31. The van der Waals surface area contributed by atoms with Crippen LogP contribution < -0.4 is 4.72 Å². The number of hydrogen-bond donors (Lipinski definition) is 1. The summed E-state index contributed by atoms with van der Waals surface area (Å²) in [5, 5.41) is -0.284. The van der Waals surface area contributed by atoms with Crippen LogP contribution in [0.5, 0.6) is 0 Å². The number of carbonyl (C=O) groups is 1. The van der Waals surface area contributed by atoms with E-state index in [1.807, 2.05) is 4.72 Å². The van der Waals surface area contributed by atoms with Gasteiger partial charge in [-0.15, -0.1) is 11.3 Å². The van der Waals surface area contributed by atoms with Gasteiger partial charge in [-0.2, -0.15) is 0 Å². The van der Waals surface area contributed by atoms with Crippen LogP contribution in [0.2, 0.25) is 0 Å². The van der Waals surface area contributed by atoms with Gasteiger partial charge in [0.25, 0.3) is 10.0 Å². The Bertz CT molecular complexity index is 1130. The van der Waals surface area contributed by atoms with Gasteiger partial charge in [-0.3, -0.25) is 4.72 Å². The maximum atomic E-state index is 14.3. The van der Waals surface area contributed by atoms with Crippen LogP contribution >= 0.6 is 11.3 Å². The normalized spacial score (nSPS) is 11.5. The van der Waals surface area contributed by atoms with Crippen LogP contribution in [0.25, 0.3) is 10.1 Å². The molecule has 0 aliphatic rings. The number of esters is 1. The topological polar surface area (TPSA) is 72.5 Å². The van der Waals surface area contributed by atoms with Crippen molar-refractivity contribution in [1.82, 2.24) is 0 Å². The van der Waals surface area contributed by atoms with Crippen molar-refractivity contribution >= 4 is 43.1 Å². The predicted molar refractivity (Wildman–Crippen MR) is 90.3 cm³/mol. The Hall–Kier alpha value is -2.59. The summed E-state index contributed by atoms with van der Waals surface area (Å²) < 4.78 is 73.0. The molecule has 1 N–H and O–H groups in total. The summed E-state index contributed by atoms with van der Waals surface area (Å²) in [7, 11) is -3.45. The van der Waals surface area contributed by atoms with Crippen molar-refractivity contribution in [3.8, 4) is 0 Å². The van der Waals surface area contributed by atoms with E-state index in [1.165, 1.54) is 12.1 Å². The van der Waals surface area contributed by atoms with E-state index in [1.54, 1.807) is 0 Å². The fourth-order valence-electron chi connectivity index (χ4n) is 2.33. The highest BCUT2D eigenvalue weighted by atomic mass is 32.2. The number of carbonyl (C=O) groups excluding carboxylic acids is 1. The van der Waals surface area contributed by atoms with E-state index in [9.17, 15) is 26.4 Å². The number of hydrogen-bond acceptors (Lipinski definition) is 5. The summed E-state index contributed by atoms with van der Waals surface area (Å²) in [6.07, 6.45) is 0. The lowest BCUT2D eigenvalue weighted by molar-refractivity contribution is 0.0602. The third kappa shape index (κ3) is 3.13. The second-order valence-corrected chi connectivity index (χ2v) is 7.77. The molecule has 2 aromatic carbocycles. The molecule has 0 fully saturated rings. The molecule has 5 nitrogen and oxygen atoms in total. The highest BCUT2D eigenvalue weighted by molar-refractivity contribution is 7.93. The second-order valence-electron chi connectivity index (χ2n) is 5.10. The highest BCUT2D eigenvalue weighted by Crippen LogP contribution is 2.37. The molecular formula is C16H10F3NO4S2. The smallest absolute Gasteiger partial charge is 0.349 e. The molecule has 0 amide bonds. The first kappa shape index (κ1) is 18.2. The molecule has 0 saturated carbocycles. The van der Waals surface area contributed by atoms with Gasteiger partial charge in [0.2, 0.25) is 0 Å². The van der Waals surface area contributed by atoms with Gasteiger partial charge >= 0.3 is 5.97 Å². The Labute approximate surface area is 150 Å². The Kier molecular flexibility index (Phi) is 4.63. The van der Waals surface area contributed by atoms with Crippen LogP contribution in [0.3, 0.4) is 0 Å². The van der Waals surface area contributed by atoms with Gasteiger partial charge in [-0.25, -0.2) is 26.4 Å². The van der Waals surface area contributed by atoms with E-state index in [2.05, 4.69) is 4.74 Å². The molecular weight excluding hydrogens is 391 g/mol. The lowest BCUT2D eigenvalue weighted by Gasteiger charge is -2.09. The average molecular weight is 401 g/mol. The number of nitrogens with one attached hydrogen (secondary N) is 1. The first-order valence-corrected chi connectivity index (χ1v) is 9.31. The molecule has 0 aliphatic carbocycles. The van der Waals surface area contributed by atoms with Crippen molar-refractivity contribution in [1.29, 1.82) is 0 Å². The van der Waals surface area contributed by atoms with Crippen molar-refractivity contribution in [3.05, 3.63) is 58.7 Å². The lowest BCUT2D eigenvalue weighted by atomic mass is 10.2. The predicted octanol–water partition coefficient (Wildman–Crippen LogP) is 3.91. The number of ether oxygens (including phenoxy) is 1. The number of thiophene rings is 1. The molecule has 0 unspecified atom stereocenters. The molecule has 0 aliphatic heterocycles. The van der Waals surface area contributed by atoms with E-state index >= 15 is 0 Å². The van der Waals surface area contributed by atoms with Gasteiger partial charge in [0, 0.05) is 16.2 Å². The molecule has 0 spiro atoms. The summed E-state index contributed by atoms with van der Waals surface area (Å²) >= 11 is 0.746. The van der Waals surface area contributed by atoms with Crippen LogP contribution in [0.1, 0.15) is 9.67 Å². The third-order valence-corrected chi connectivity index (χ3v) is 6.15. The van der Waals surface area contributed by atoms with Crippen molar-refractivity contribution in [2.75, 3.05) is 11.8 Å². The Morgan fingerprint density at radius 1 is 1.08 bits per heavy atom. The molecule has 0 atom stereocenters. The largest absolute Gasteiger partial charge is 0.465 e. The van der Waals surface area contributed by atoms with Gasteiger partial charge in [0.05, 0.1) is 12.8 Å². The molecule has 136 valence electrons. The van der Waals surface area contributed by atoms with Gasteiger partial charge in [0.1, 0.15) is 15.6 Å². The van der Waals surface area contributed by atoms with Crippen LogP contribution in [-0.2, 0) is 14.8 Å². The van der Waals surface area contributed by atoms with Crippen molar-refractivity contribution in [3.63, 3.8) is 0 Å². The molecule has 0 radical (unpaired) electrons. The minimum Gasteiger partial charge on any atom is -0.465 e. The minimum absolute atomic E-state index is 0.219. The number of benzene rings is 2. The van der Waals surface area contributed by atoms with E-state index in [0.29, 0.717) is 6.07 Å². The lowest BCUT2D eigenvalue weighted by Crippen LogP contribution is -2.16. The third-order valence-electron chi connectivity index (χ3n) is 3.43. The minimum atomic E-state index is -4.50. The SMILES string of the molecule is COC(=O)c1sc2cccc(F)c2c1S(=O)(=O)Nc1ccc(F)c(F)c1. The van der Waals surface area contributed by atoms with Gasteiger partial charge in [0.15, 0.2) is 11.6 Å². The quantitative estimate of drug-likeness (QED) is 0.673. The van der Waals surface area contributed by atoms with Gasteiger partial charge in [-0.05, 0) is 24.3 Å². The summed E-state index contributed by atoms with van der Waals surface area (Å²) in [6, 6.07) is 6.24. The molecule has 0 saturated heterocycles. The molecule has 10 heteroatoms. The zero-order valence-electron chi connectivity index (χ0n) is 13.0. The monoisotopic (exact) mass is 401 g/mol. The summed E-state index contributed by atoms with van der Waals surface area (Å²) in [6.45, 7) is 0. The summed E-state index contributed by atoms with van der Waals surface area (Å²) in [5.41, 5.74) is -0.282. The zero-order chi connectivity index (χ0) is 19.1. The second kappa shape index (κ2) is 6.61. The van der Waals surface area contributed by atoms with Crippen LogP contribution in [0, 0.1) is 17.5 Å². The molecule has 0 bridgehead atoms. The van der Waals surface area contributed by atoms with Crippen LogP contribution in [0.15, 0.2) is 41.3 Å². The molecule has 3 aromatic rings. The molecule has 26 heavy (non-hydrogen) atoms. The van der Waals surface area contributed by atoms with Crippen molar-refractivity contribution < 1.29 is 31.1 Å². The number of methoxy groups -OCH3 is 1. The fourth-order valence-corrected chi connectivity index (χ4v) is 5.22. The summed E-state index contributed by atoms with van der Waals surface area (Å²) in [4.78, 5) is 11.0. The first-order valence-electron chi connectivity index (χ1n) is 7.02. The van der Waals surface area contributed by atoms with Crippen LogP contribution in [-0.4, -0.2) is 21.5 Å². The number of sulfonamides is 1. The van der Waals surface area contributed by atoms with Gasteiger partial charge in [-0.1, -0.05) is 6.07 Å². The van der Waals surface area contributed by atoms with Crippen molar-refractivity contribution in [2.24, 2.45) is 0 Å². The maximum absolute atomic E-state index is 14.3. The summed E-state index contributed by atoms with van der Waals surface area (Å²) in [5.74, 6) is -4.23. The number of rotatable bonds is 4. The van der Waals surface area contributed by atoms with E-state index in [-0.39, 0.29) is 20.7 Å². The maximum Gasteiger partial charge on any atom is 0.349 e.